The summed E-state index contributed by atoms with van der Waals surface area (Å²) in [6.07, 6.45) is -0.148. The number of halogens is 1. The minimum Gasteiger partial charge on any atom is -0.480 e. The summed E-state index contributed by atoms with van der Waals surface area (Å²) in [4.78, 5) is 22.4. The molecule has 20 heavy (non-hydrogen) atoms. The maximum absolute atomic E-state index is 13.3. The van der Waals surface area contributed by atoms with Gasteiger partial charge in [0.05, 0.1) is 5.69 Å². The molecule has 0 aromatic heterocycles. The lowest BCUT2D eigenvalue weighted by atomic mass is 10.3. The van der Waals surface area contributed by atoms with Crippen molar-refractivity contribution in [2.24, 2.45) is 0 Å². The average Bonchev–Trinajstić information content (AvgIpc) is 2.31. The summed E-state index contributed by atoms with van der Waals surface area (Å²) in [6.45, 7) is 1.39. The molecule has 0 aliphatic rings. The number of sulfone groups is 1. The Kier molecular flexibility index (Phi) is 5.20. The van der Waals surface area contributed by atoms with Crippen LogP contribution in [0.4, 0.5) is 10.1 Å². The highest BCUT2D eigenvalue weighted by Gasteiger charge is 2.32. The summed E-state index contributed by atoms with van der Waals surface area (Å²) >= 11 is 0. The molecule has 6 nitrogen and oxygen atoms in total. The first-order valence-corrected chi connectivity index (χ1v) is 7.48. The van der Waals surface area contributed by atoms with E-state index >= 15 is 0 Å². The lowest BCUT2D eigenvalue weighted by Gasteiger charge is -2.11. The van der Waals surface area contributed by atoms with Gasteiger partial charge >= 0.3 is 5.97 Å². The number of nitrogens with one attached hydrogen (secondary N) is 1. The van der Waals surface area contributed by atoms with Crippen LogP contribution in [0.1, 0.15) is 13.3 Å². The van der Waals surface area contributed by atoms with Gasteiger partial charge in [0.1, 0.15) is 11.6 Å². The molecule has 110 valence electrons. The third kappa shape index (κ3) is 4.02. The van der Waals surface area contributed by atoms with E-state index in [0.717, 1.165) is 6.07 Å². The number of anilines is 1. The molecule has 0 saturated carbocycles. The molecular weight excluding hydrogens is 289 g/mol. The standard InChI is InChI=1S/C12H14FNO5S/c1-2-10(12(16)17)20(18,19)7-11(15)14-9-6-4-3-5-8(9)13/h3-6,10H,2,7H2,1H3,(H,14,15)(H,16,17). The summed E-state index contributed by atoms with van der Waals surface area (Å²) in [5.74, 6) is -4.20. The van der Waals surface area contributed by atoms with E-state index in [1.165, 1.54) is 25.1 Å². The number of aliphatic carboxylic acids is 1. The predicted octanol–water partition coefficient (Wildman–Crippen LogP) is 1.04. The van der Waals surface area contributed by atoms with Crippen LogP contribution in [0.25, 0.3) is 0 Å². The minimum absolute atomic E-state index is 0.148. The maximum atomic E-state index is 13.3. The van der Waals surface area contributed by atoms with Gasteiger partial charge in [-0.25, -0.2) is 12.8 Å². The van der Waals surface area contributed by atoms with Gasteiger partial charge in [-0.05, 0) is 18.6 Å². The van der Waals surface area contributed by atoms with E-state index in [1.807, 2.05) is 0 Å². The zero-order valence-electron chi connectivity index (χ0n) is 10.7. The van der Waals surface area contributed by atoms with Crippen molar-refractivity contribution in [2.45, 2.75) is 18.6 Å². The van der Waals surface area contributed by atoms with Crippen molar-refractivity contribution in [3.8, 4) is 0 Å². The van der Waals surface area contributed by atoms with Crippen molar-refractivity contribution in [1.29, 1.82) is 0 Å². The molecule has 1 amide bonds. The molecule has 0 radical (unpaired) electrons. The Hall–Kier alpha value is -1.96. The van der Waals surface area contributed by atoms with Gasteiger partial charge in [-0.2, -0.15) is 0 Å². The summed E-state index contributed by atoms with van der Waals surface area (Å²) in [6, 6.07) is 5.27. The number of amides is 1. The second-order valence-electron chi connectivity index (χ2n) is 4.07. The zero-order chi connectivity index (χ0) is 15.3. The molecule has 0 aliphatic heterocycles. The fraction of sp³-hybridized carbons (Fsp3) is 0.333. The highest BCUT2D eigenvalue weighted by molar-refractivity contribution is 7.93. The molecule has 1 rings (SSSR count). The predicted molar refractivity (Wildman–Crippen MR) is 70.5 cm³/mol. The van der Waals surface area contributed by atoms with Gasteiger partial charge in [0.2, 0.25) is 5.91 Å². The van der Waals surface area contributed by atoms with Crippen LogP contribution in [0.2, 0.25) is 0 Å². The summed E-state index contributed by atoms with van der Waals surface area (Å²) in [5.41, 5.74) is -0.156. The third-order valence-corrected chi connectivity index (χ3v) is 4.63. The van der Waals surface area contributed by atoms with Gasteiger partial charge in [-0.3, -0.25) is 9.59 Å². The van der Waals surface area contributed by atoms with Crippen LogP contribution in [0.3, 0.4) is 0 Å². The Morgan fingerprint density at radius 3 is 2.45 bits per heavy atom. The summed E-state index contributed by atoms with van der Waals surface area (Å²) < 4.78 is 36.8. The number of rotatable bonds is 6. The normalized spacial score (nSPS) is 12.7. The molecule has 2 N–H and O–H groups in total. The van der Waals surface area contributed by atoms with Crippen LogP contribution >= 0.6 is 0 Å². The topological polar surface area (TPSA) is 101 Å². The molecule has 1 unspecified atom stereocenters. The Bertz CT molecular complexity index is 614. The van der Waals surface area contributed by atoms with Crippen LogP contribution < -0.4 is 5.32 Å². The number of carboxylic acids is 1. The molecule has 0 heterocycles. The van der Waals surface area contributed by atoms with Crippen LogP contribution in [0.5, 0.6) is 0 Å². The molecule has 1 aromatic carbocycles. The highest BCUT2D eigenvalue weighted by Crippen LogP contribution is 2.13. The lowest BCUT2D eigenvalue weighted by Crippen LogP contribution is -2.35. The van der Waals surface area contributed by atoms with Crippen LogP contribution in [0.15, 0.2) is 24.3 Å². The van der Waals surface area contributed by atoms with E-state index < -0.39 is 38.5 Å². The van der Waals surface area contributed by atoms with Crippen molar-refractivity contribution in [1.82, 2.24) is 0 Å². The first-order chi connectivity index (χ1) is 9.27. The first-order valence-electron chi connectivity index (χ1n) is 5.76. The molecule has 0 spiro atoms. The Morgan fingerprint density at radius 1 is 1.35 bits per heavy atom. The SMILES string of the molecule is CCC(C(=O)O)S(=O)(=O)CC(=O)Nc1ccccc1F. The summed E-state index contributed by atoms with van der Waals surface area (Å²) in [5, 5.41) is 9.24. The molecule has 0 fully saturated rings. The van der Waals surface area contributed by atoms with E-state index in [9.17, 15) is 22.4 Å². The highest BCUT2D eigenvalue weighted by atomic mass is 32.2. The van der Waals surface area contributed by atoms with Crippen LogP contribution in [-0.4, -0.2) is 36.4 Å². The van der Waals surface area contributed by atoms with Gasteiger partial charge in [-0.15, -0.1) is 0 Å². The number of hydrogen-bond acceptors (Lipinski definition) is 4. The molecule has 0 aliphatic carbocycles. The molecule has 1 atom stereocenters. The quantitative estimate of drug-likeness (QED) is 0.818. The van der Waals surface area contributed by atoms with E-state index in [2.05, 4.69) is 5.32 Å². The van der Waals surface area contributed by atoms with Crippen molar-refractivity contribution in [3.63, 3.8) is 0 Å². The van der Waals surface area contributed by atoms with Crippen LogP contribution in [0, 0.1) is 5.82 Å². The second kappa shape index (κ2) is 6.47. The zero-order valence-corrected chi connectivity index (χ0v) is 11.5. The first kappa shape index (κ1) is 16.1. The monoisotopic (exact) mass is 303 g/mol. The van der Waals surface area contributed by atoms with Gasteiger partial charge in [-0.1, -0.05) is 19.1 Å². The van der Waals surface area contributed by atoms with Gasteiger partial charge in [0.15, 0.2) is 15.1 Å². The number of para-hydroxylation sites is 1. The molecule has 0 bridgehead atoms. The third-order valence-electron chi connectivity index (χ3n) is 2.56. The largest absolute Gasteiger partial charge is 0.480 e. The van der Waals surface area contributed by atoms with E-state index in [1.54, 1.807) is 0 Å². The molecular formula is C12H14FNO5S. The number of carboxylic acid groups (broad SMARTS) is 1. The van der Waals surface area contributed by atoms with Crippen molar-refractivity contribution in [2.75, 3.05) is 11.1 Å². The summed E-state index contributed by atoms with van der Waals surface area (Å²) in [7, 11) is -4.14. The molecule has 0 saturated heterocycles. The second-order valence-corrected chi connectivity index (χ2v) is 6.25. The van der Waals surface area contributed by atoms with E-state index in [0.29, 0.717) is 0 Å². The van der Waals surface area contributed by atoms with E-state index in [4.69, 9.17) is 5.11 Å². The van der Waals surface area contributed by atoms with Gasteiger partial charge in [0.25, 0.3) is 0 Å². The van der Waals surface area contributed by atoms with Crippen molar-refractivity contribution >= 4 is 27.4 Å². The Morgan fingerprint density at radius 2 is 1.95 bits per heavy atom. The maximum Gasteiger partial charge on any atom is 0.321 e. The number of carbonyl (C=O) groups is 2. The number of carbonyl (C=O) groups excluding carboxylic acids is 1. The van der Waals surface area contributed by atoms with Gasteiger partial charge in [0, 0.05) is 0 Å². The molecule has 8 heteroatoms. The van der Waals surface area contributed by atoms with Crippen LogP contribution in [-0.2, 0) is 19.4 Å². The smallest absolute Gasteiger partial charge is 0.321 e. The fourth-order valence-corrected chi connectivity index (χ4v) is 3.07. The number of benzene rings is 1. The fourth-order valence-electron chi connectivity index (χ4n) is 1.61. The lowest BCUT2D eigenvalue weighted by molar-refractivity contribution is -0.136. The van der Waals surface area contributed by atoms with E-state index in [-0.39, 0.29) is 12.1 Å². The Balaban J connectivity index is 2.81. The Labute approximate surface area is 115 Å². The minimum atomic E-state index is -4.14. The van der Waals surface area contributed by atoms with Gasteiger partial charge < -0.3 is 10.4 Å². The number of hydrogen-bond donors (Lipinski definition) is 2. The van der Waals surface area contributed by atoms with Crippen molar-refractivity contribution in [3.05, 3.63) is 30.1 Å². The molecule has 1 aromatic rings. The average molecular weight is 303 g/mol. The van der Waals surface area contributed by atoms with Crippen molar-refractivity contribution < 1.29 is 27.5 Å².